The van der Waals surface area contributed by atoms with E-state index in [0.29, 0.717) is 23.7 Å². The Balaban J connectivity index is 1.52. The van der Waals surface area contributed by atoms with Gasteiger partial charge < -0.3 is 9.47 Å². The number of carbonyl (C=O) groups excluding carboxylic acids is 2. The van der Waals surface area contributed by atoms with Gasteiger partial charge in [-0.15, -0.1) is 0 Å². The Bertz CT molecular complexity index is 1050. The molecule has 3 aromatic rings. The van der Waals surface area contributed by atoms with Gasteiger partial charge in [0, 0.05) is 0 Å². The monoisotopic (exact) mass is 484 g/mol. The fraction of sp³-hybridized carbons (Fsp3) is 0.250. The van der Waals surface area contributed by atoms with Crippen molar-refractivity contribution in [1.29, 1.82) is 0 Å². The Morgan fingerprint density at radius 3 is 2.48 bits per heavy atom. The van der Waals surface area contributed by atoms with Gasteiger partial charge >= 0.3 is 0 Å². The molecule has 0 saturated heterocycles. The standard InChI is InChI=1S/C24H25BrN2O4/c1-2-3-8-15-30-20-12-7-6-11-19(20)24(29)27-26-22(28)16-31-21-14-13-17-9-4-5-10-18(17)23(21)25/h4-7,9-14H,2-3,8,15-16H2,1H3,(H,26,28)(H,27,29). The summed E-state index contributed by atoms with van der Waals surface area (Å²) in [6, 6.07) is 18.5. The van der Waals surface area contributed by atoms with E-state index >= 15 is 0 Å². The summed E-state index contributed by atoms with van der Waals surface area (Å²) in [6.07, 6.45) is 3.08. The van der Waals surface area contributed by atoms with E-state index in [2.05, 4.69) is 33.7 Å². The van der Waals surface area contributed by atoms with Crippen LogP contribution < -0.4 is 20.3 Å². The number of benzene rings is 3. The number of rotatable bonds is 9. The highest BCUT2D eigenvalue weighted by Crippen LogP contribution is 2.32. The van der Waals surface area contributed by atoms with Crippen molar-refractivity contribution in [1.82, 2.24) is 10.9 Å². The molecule has 2 amide bonds. The van der Waals surface area contributed by atoms with Crippen molar-refractivity contribution >= 4 is 38.5 Å². The average molecular weight is 485 g/mol. The Morgan fingerprint density at radius 2 is 1.65 bits per heavy atom. The largest absolute Gasteiger partial charge is 0.493 e. The second-order valence-electron chi connectivity index (χ2n) is 6.94. The predicted octanol–water partition coefficient (Wildman–Crippen LogP) is 5.01. The second kappa shape index (κ2) is 11.4. The van der Waals surface area contributed by atoms with E-state index in [-0.39, 0.29) is 6.61 Å². The molecule has 0 aliphatic heterocycles. The first kappa shape index (κ1) is 22.6. The maximum Gasteiger partial charge on any atom is 0.276 e. The quantitative estimate of drug-likeness (QED) is 0.330. The number of ether oxygens (including phenoxy) is 2. The lowest BCUT2D eigenvalue weighted by molar-refractivity contribution is -0.123. The van der Waals surface area contributed by atoms with Crippen molar-refractivity contribution in [3.8, 4) is 11.5 Å². The molecule has 31 heavy (non-hydrogen) atoms. The van der Waals surface area contributed by atoms with Gasteiger partial charge in [-0.2, -0.15) is 0 Å². The summed E-state index contributed by atoms with van der Waals surface area (Å²) in [5.74, 6) is 0.105. The molecule has 0 bridgehead atoms. The van der Waals surface area contributed by atoms with Crippen molar-refractivity contribution in [2.45, 2.75) is 26.2 Å². The lowest BCUT2D eigenvalue weighted by Gasteiger charge is -2.13. The van der Waals surface area contributed by atoms with Crippen LogP contribution >= 0.6 is 15.9 Å². The first-order chi connectivity index (χ1) is 15.1. The zero-order valence-electron chi connectivity index (χ0n) is 17.3. The Morgan fingerprint density at radius 1 is 0.871 bits per heavy atom. The minimum Gasteiger partial charge on any atom is -0.493 e. The van der Waals surface area contributed by atoms with Crippen molar-refractivity contribution < 1.29 is 19.1 Å². The number of nitrogens with one attached hydrogen (secondary N) is 2. The van der Waals surface area contributed by atoms with Crippen LogP contribution in [0.1, 0.15) is 36.5 Å². The van der Waals surface area contributed by atoms with E-state index in [9.17, 15) is 9.59 Å². The van der Waals surface area contributed by atoms with Crippen molar-refractivity contribution in [3.63, 3.8) is 0 Å². The molecule has 2 N–H and O–H groups in total. The van der Waals surface area contributed by atoms with Crippen molar-refractivity contribution in [2.24, 2.45) is 0 Å². The van der Waals surface area contributed by atoms with Crippen LogP contribution in [0.25, 0.3) is 10.8 Å². The fourth-order valence-corrected chi connectivity index (χ4v) is 3.62. The summed E-state index contributed by atoms with van der Waals surface area (Å²) >= 11 is 3.52. The van der Waals surface area contributed by atoms with Gasteiger partial charge in [-0.3, -0.25) is 20.4 Å². The Hall–Kier alpha value is -3.06. The first-order valence-corrected chi connectivity index (χ1v) is 11.0. The smallest absolute Gasteiger partial charge is 0.276 e. The first-order valence-electron chi connectivity index (χ1n) is 10.2. The number of fused-ring (bicyclic) bond motifs is 1. The number of para-hydroxylation sites is 1. The van der Waals surface area contributed by atoms with Crippen LogP contribution in [0.4, 0.5) is 0 Å². The van der Waals surface area contributed by atoms with Gasteiger partial charge in [-0.25, -0.2) is 0 Å². The lowest BCUT2D eigenvalue weighted by atomic mass is 10.1. The van der Waals surface area contributed by atoms with Crippen molar-refractivity contribution in [3.05, 3.63) is 70.7 Å². The van der Waals surface area contributed by atoms with Crippen LogP contribution in [0.15, 0.2) is 65.1 Å². The highest BCUT2D eigenvalue weighted by molar-refractivity contribution is 9.10. The van der Waals surface area contributed by atoms with Crippen LogP contribution in [0.5, 0.6) is 11.5 Å². The molecule has 162 valence electrons. The van der Waals surface area contributed by atoms with Gasteiger partial charge in [0.15, 0.2) is 6.61 Å². The van der Waals surface area contributed by atoms with Crippen LogP contribution in [0.3, 0.4) is 0 Å². The van der Waals surface area contributed by atoms with Gasteiger partial charge in [-0.05, 0) is 51.3 Å². The third-order valence-corrected chi connectivity index (χ3v) is 5.46. The van der Waals surface area contributed by atoms with E-state index < -0.39 is 11.8 Å². The molecular weight excluding hydrogens is 460 g/mol. The molecule has 0 saturated carbocycles. The van der Waals surface area contributed by atoms with E-state index in [1.807, 2.05) is 30.3 Å². The van der Waals surface area contributed by atoms with Gasteiger partial charge in [0.05, 0.1) is 16.6 Å². The number of hydrogen-bond acceptors (Lipinski definition) is 4. The number of hydrogen-bond donors (Lipinski definition) is 2. The van der Waals surface area contributed by atoms with Crippen LogP contribution in [0, 0.1) is 0 Å². The third-order valence-electron chi connectivity index (χ3n) is 4.64. The molecule has 0 aliphatic rings. The number of carbonyl (C=O) groups is 2. The lowest BCUT2D eigenvalue weighted by Crippen LogP contribution is -2.44. The van der Waals surface area contributed by atoms with Gasteiger partial charge in [-0.1, -0.05) is 62.2 Å². The van der Waals surface area contributed by atoms with Crippen molar-refractivity contribution in [2.75, 3.05) is 13.2 Å². The number of hydrazine groups is 1. The summed E-state index contributed by atoms with van der Waals surface area (Å²) in [7, 11) is 0. The van der Waals surface area contributed by atoms with Gasteiger partial charge in [0.25, 0.3) is 11.8 Å². The average Bonchev–Trinajstić information content (AvgIpc) is 2.80. The van der Waals surface area contributed by atoms with Crippen LogP contribution in [-0.4, -0.2) is 25.0 Å². The molecule has 0 fully saturated rings. The molecule has 0 atom stereocenters. The molecule has 0 heterocycles. The van der Waals surface area contributed by atoms with E-state index in [0.717, 1.165) is 34.5 Å². The highest BCUT2D eigenvalue weighted by Gasteiger charge is 2.14. The zero-order valence-corrected chi connectivity index (χ0v) is 18.9. The minimum atomic E-state index is -0.477. The number of unbranched alkanes of at least 4 members (excludes halogenated alkanes) is 2. The molecule has 0 spiro atoms. The molecule has 0 radical (unpaired) electrons. The fourth-order valence-electron chi connectivity index (χ4n) is 3.01. The van der Waals surface area contributed by atoms with Gasteiger partial charge in [0.1, 0.15) is 11.5 Å². The predicted molar refractivity (Wildman–Crippen MR) is 124 cm³/mol. The molecular formula is C24H25BrN2O4. The summed E-state index contributed by atoms with van der Waals surface area (Å²) < 4.78 is 12.1. The molecule has 7 heteroatoms. The zero-order chi connectivity index (χ0) is 22.1. The SMILES string of the molecule is CCCCCOc1ccccc1C(=O)NNC(=O)COc1ccc2ccccc2c1Br. The Labute approximate surface area is 190 Å². The summed E-state index contributed by atoms with van der Waals surface area (Å²) in [4.78, 5) is 24.6. The second-order valence-corrected chi connectivity index (χ2v) is 7.73. The van der Waals surface area contributed by atoms with E-state index in [4.69, 9.17) is 9.47 Å². The highest BCUT2D eigenvalue weighted by atomic mass is 79.9. The molecule has 0 unspecified atom stereocenters. The topological polar surface area (TPSA) is 76.7 Å². The molecule has 0 aliphatic carbocycles. The third kappa shape index (κ3) is 6.21. The number of halogens is 1. The van der Waals surface area contributed by atoms with Gasteiger partial charge in [0.2, 0.25) is 0 Å². The summed E-state index contributed by atoms with van der Waals surface area (Å²) in [5, 5.41) is 2.05. The molecule has 6 nitrogen and oxygen atoms in total. The minimum absolute atomic E-state index is 0.244. The van der Waals surface area contributed by atoms with Crippen LogP contribution in [0.2, 0.25) is 0 Å². The molecule has 3 rings (SSSR count). The summed E-state index contributed by atoms with van der Waals surface area (Å²) in [6.45, 7) is 2.41. The maximum absolute atomic E-state index is 12.5. The maximum atomic E-state index is 12.5. The van der Waals surface area contributed by atoms with E-state index in [1.165, 1.54) is 0 Å². The van der Waals surface area contributed by atoms with Crippen LogP contribution in [-0.2, 0) is 4.79 Å². The molecule has 3 aromatic carbocycles. The normalized spacial score (nSPS) is 10.5. The number of amides is 2. The Kier molecular flexibility index (Phi) is 8.29. The molecule has 0 aromatic heterocycles. The summed E-state index contributed by atoms with van der Waals surface area (Å²) in [5.41, 5.74) is 5.15. The van der Waals surface area contributed by atoms with E-state index in [1.54, 1.807) is 30.3 Å².